The molecule has 4 nitrogen and oxygen atoms in total. The summed E-state index contributed by atoms with van der Waals surface area (Å²) in [4.78, 5) is 12.2. The third-order valence-electron chi connectivity index (χ3n) is 3.76. The lowest BCUT2D eigenvalue weighted by atomic mass is 10.1. The van der Waals surface area contributed by atoms with Crippen molar-refractivity contribution < 1.29 is 26.3 Å². The highest BCUT2D eigenvalue weighted by atomic mass is 32.2. The van der Waals surface area contributed by atoms with Crippen molar-refractivity contribution in [2.75, 3.05) is 5.75 Å². The maximum atomic E-state index is 13.6. The van der Waals surface area contributed by atoms with Crippen molar-refractivity contribution in [3.05, 3.63) is 35.9 Å². The Bertz CT molecular complexity index is 998. The van der Waals surface area contributed by atoms with E-state index in [2.05, 4.69) is 15.0 Å². The van der Waals surface area contributed by atoms with Crippen LogP contribution in [-0.4, -0.2) is 31.4 Å². The van der Waals surface area contributed by atoms with Crippen molar-refractivity contribution in [3.8, 4) is 11.5 Å². The summed E-state index contributed by atoms with van der Waals surface area (Å²) in [7, 11) is 1.49. The molecule has 144 valence electrons. The fraction of sp³-hybridized carbons (Fsp3) is 0.312. The van der Waals surface area contributed by atoms with Crippen LogP contribution in [0, 0.1) is 5.95 Å². The number of alkyl halides is 5. The van der Waals surface area contributed by atoms with Gasteiger partial charge in [-0.1, -0.05) is 6.92 Å². The molecule has 0 aliphatic carbocycles. The van der Waals surface area contributed by atoms with Crippen LogP contribution in [0.1, 0.15) is 12.5 Å². The van der Waals surface area contributed by atoms with Gasteiger partial charge in [0.2, 0.25) is 5.95 Å². The summed E-state index contributed by atoms with van der Waals surface area (Å²) < 4.78 is 79.9. The van der Waals surface area contributed by atoms with E-state index in [4.69, 9.17) is 0 Å². The van der Waals surface area contributed by atoms with E-state index in [1.165, 1.54) is 35.5 Å². The number of thioether (sulfide) groups is 1. The van der Waals surface area contributed by atoms with Crippen molar-refractivity contribution in [2.24, 2.45) is 7.05 Å². The number of hydrogen-bond acceptors (Lipinski definition) is 4. The van der Waals surface area contributed by atoms with E-state index < -0.39 is 23.6 Å². The first-order valence-corrected chi connectivity index (χ1v) is 8.62. The lowest BCUT2D eigenvalue weighted by Crippen LogP contribution is -2.33. The maximum absolute atomic E-state index is 13.6. The Labute approximate surface area is 153 Å². The van der Waals surface area contributed by atoms with Gasteiger partial charge in [0, 0.05) is 18.1 Å². The molecule has 0 radical (unpaired) electrons. The van der Waals surface area contributed by atoms with Crippen LogP contribution in [0.25, 0.3) is 22.7 Å². The second kappa shape index (κ2) is 6.70. The number of pyridine rings is 2. The summed E-state index contributed by atoms with van der Waals surface area (Å²) in [5, 5.41) is 0. The molecule has 0 saturated heterocycles. The highest BCUT2D eigenvalue weighted by molar-refractivity contribution is 7.99. The Kier molecular flexibility index (Phi) is 4.83. The summed E-state index contributed by atoms with van der Waals surface area (Å²) in [5.41, 5.74) is -1.26. The SMILES string of the molecule is CCSc1ccc(F)nc1-c1nc2cc(C(F)(F)C(F)(F)F)cnc2n1C. The molecule has 0 N–H and O–H groups in total. The van der Waals surface area contributed by atoms with Gasteiger partial charge < -0.3 is 4.57 Å². The molecular weight excluding hydrogens is 394 g/mol. The molecule has 11 heteroatoms. The molecule has 0 amide bonds. The molecule has 3 aromatic heterocycles. The molecule has 0 saturated carbocycles. The molecule has 0 aliphatic rings. The van der Waals surface area contributed by atoms with E-state index in [0.717, 1.165) is 0 Å². The van der Waals surface area contributed by atoms with E-state index >= 15 is 0 Å². The quantitative estimate of drug-likeness (QED) is 0.350. The molecule has 0 bridgehead atoms. The number of hydrogen-bond donors (Lipinski definition) is 0. The van der Waals surface area contributed by atoms with Crippen LogP contribution in [-0.2, 0) is 13.0 Å². The highest BCUT2D eigenvalue weighted by Crippen LogP contribution is 2.44. The summed E-state index contributed by atoms with van der Waals surface area (Å²) in [5.74, 6) is -5.06. The minimum absolute atomic E-state index is 0.0743. The largest absolute Gasteiger partial charge is 0.458 e. The van der Waals surface area contributed by atoms with Crippen molar-refractivity contribution in [1.29, 1.82) is 0 Å². The molecule has 0 spiro atoms. The van der Waals surface area contributed by atoms with Gasteiger partial charge in [-0.2, -0.15) is 26.3 Å². The minimum atomic E-state index is -5.75. The molecule has 0 atom stereocenters. The molecule has 0 aromatic carbocycles. The molecular formula is C16H12F6N4S. The first-order chi connectivity index (χ1) is 12.6. The van der Waals surface area contributed by atoms with Gasteiger partial charge in [-0.3, -0.25) is 0 Å². The van der Waals surface area contributed by atoms with Crippen LogP contribution in [0.3, 0.4) is 0 Å². The maximum Gasteiger partial charge on any atom is 0.458 e. The molecule has 3 rings (SSSR count). The number of aromatic nitrogens is 4. The number of aryl methyl sites for hydroxylation is 1. The topological polar surface area (TPSA) is 43.6 Å². The summed E-state index contributed by atoms with van der Waals surface area (Å²) in [6, 6.07) is 3.30. The van der Waals surface area contributed by atoms with Crippen molar-refractivity contribution in [1.82, 2.24) is 19.5 Å². The minimum Gasteiger partial charge on any atom is -0.310 e. The monoisotopic (exact) mass is 406 g/mol. The van der Waals surface area contributed by atoms with Gasteiger partial charge in [0.1, 0.15) is 11.2 Å². The van der Waals surface area contributed by atoms with E-state index in [1.54, 1.807) is 0 Å². The van der Waals surface area contributed by atoms with Crippen LogP contribution in [0.4, 0.5) is 26.3 Å². The third-order valence-corrected chi connectivity index (χ3v) is 4.69. The van der Waals surface area contributed by atoms with E-state index in [1.807, 2.05) is 6.92 Å². The zero-order valence-electron chi connectivity index (χ0n) is 14.0. The number of halogens is 6. The van der Waals surface area contributed by atoms with Gasteiger partial charge in [-0.25, -0.2) is 15.0 Å². The van der Waals surface area contributed by atoms with Crippen molar-refractivity contribution >= 4 is 22.9 Å². The lowest BCUT2D eigenvalue weighted by molar-refractivity contribution is -0.289. The lowest BCUT2D eigenvalue weighted by Gasteiger charge is -2.19. The van der Waals surface area contributed by atoms with Crippen LogP contribution >= 0.6 is 11.8 Å². The Morgan fingerprint density at radius 2 is 1.81 bits per heavy atom. The second-order valence-corrected chi connectivity index (χ2v) is 6.85. The Morgan fingerprint density at radius 3 is 2.44 bits per heavy atom. The summed E-state index contributed by atoms with van der Waals surface area (Å²) in [6.45, 7) is 1.87. The molecule has 27 heavy (non-hydrogen) atoms. The number of nitrogens with zero attached hydrogens (tertiary/aromatic N) is 4. The van der Waals surface area contributed by atoms with E-state index in [-0.39, 0.29) is 22.7 Å². The molecule has 3 aromatic rings. The normalized spacial score (nSPS) is 12.7. The number of fused-ring (bicyclic) bond motifs is 1. The van der Waals surface area contributed by atoms with Crippen molar-refractivity contribution in [3.63, 3.8) is 0 Å². The zero-order valence-corrected chi connectivity index (χ0v) is 14.8. The molecule has 0 unspecified atom stereocenters. The van der Waals surface area contributed by atoms with Crippen LogP contribution in [0.5, 0.6) is 0 Å². The Hall–Kier alpha value is -2.30. The zero-order chi connectivity index (χ0) is 20.0. The molecule has 0 aliphatic heterocycles. The smallest absolute Gasteiger partial charge is 0.310 e. The first-order valence-electron chi connectivity index (χ1n) is 7.63. The third kappa shape index (κ3) is 3.35. The summed E-state index contributed by atoms with van der Waals surface area (Å²) in [6.07, 6.45) is -5.29. The van der Waals surface area contributed by atoms with Gasteiger partial charge in [-0.15, -0.1) is 11.8 Å². The number of rotatable bonds is 4. The average molecular weight is 406 g/mol. The number of imidazole rings is 1. The summed E-state index contributed by atoms with van der Waals surface area (Å²) >= 11 is 1.36. The van der Waals surface area contributed by atoms with Gasteiger partial charge in [0.25, 0.3) is 0 Å². The van der Waals surface area contributed by atoms with Gasteiger partial charge in [0.05, 0.1) is 5.56 Å². The van der Waals surface area contributed by atoms with E-state index in [0.29, 0.717) is 22.9 Å². The van der Waals surface area contributed by atoms with Crippen molar-refractivity contribution in [2.45, 2.75) is 23.9 Å². The molecule has 0 fully saturated rings. The predicted octanol–water partition coefficient (Wildman–Crippen LogP) is 4.94. The molecule has 3 heterocycles. The van der Waals surface area contributed by atoms with E-state index in [9.17, 15) is 26.3 Å². The van der Waals surface area contributed by atoms with Crippen LogP contribution in [0.15, 0.2) is 29.3 Å². The van der Waals surface area contributed by atoms with Gasteiger partial charge >= 0.3 is 12.1 Å². The Balaban J connectivity index is 2.18. The standard InChI is InChI=1S/C16H12F6N4S/c1-3-27-10-4-5-11(17)25-12(10)14-24-9-6-8(7-23-13(9)26(14)2)15(18,19)16(20,21)22/h4-7H,3H2,1-2H3. The van der Waals surface area contributed by atoms with Crippen LogP contribution < -0.4 is 0 Å². The highest BCUT2D eigenvalue weighted by Gasteiger charge is 2.59. The fourth-order valence-electron chi connectivity index (χ4n) is 2.48. The Morgan fingerprint density at radius 1 is 1.11 bits per heavy atom. The average Bonchev–Trinajstić information content (AvgIpc) is 2.92. The predicted molar refractivity (Wildman–Crippen MR) is 88.0 cm³/mol. The fourth-order valence-corrected chi connectivity index (χ4v) is 3.23. The van der Waals surface area contributed by atoms with Gasteiger partial charge in [-0.05, 0) is 24.0 Å². The van der Waals surface area contributed by atoms with Crippen LogP contribution in [0.2, 0.25) is 0 Å². The van der Waals surface area contributed by atoms with Gasteiger partial charge in [0.15, 0.2) is 11.5 Å². The second-order valence-electron chi connectivity index (χ2n) is 5.55. The first kappa shape index (κ1) is 19.5.